The number of hydrogen-bond donors (Lipinski definition) is 2. The van der Waals surface area contributed by atoms with Crippen LogP contribution in [0.4, 0.5) is 5.95 Å². The molecule has 5 heteroatoms. The first-order valence-corrected chi connectivity index (χ1v) is 5.13. The van der Waals surface area contributed by atoms with Gasteiger partial charge in [0.15, 0.2) is 0 Å². The molecule has 1 aromatic carbocycles. The lowest BCUT2D eigenvalue weighted by Gasteiger charge is -2.03. The Kier molecular flexibility index (Phi) is 2.43. The predicted molar refractivity (Wildman–Crippen MR) is 60.9 cm³/mol. The Bertz CT molecular complexity index is 463. The summed E-state index contributed by atoms with van der Waals surface area (Å²) < 4.78 is 2.87. The number of rotatable bonds is 2. The van der Waals surface area contributed by atoms with Gasteiger partial charge in [0.05, 0.1) is 5.52 Å². The second kappa shape index (κ2) is 3.59. The molecule has 0 amide bonds. The quantitative estimate of drug-likeness (QED) is 0.850. The lowest BCUT2D eigenvalue weighted by Crippen LogP contribution is -2.11. The number of nitrogens with zero attached hydrogens (tertiary/aromatic N) is 2. The molecule has 0 saturated carbocycles. The smallest absolute Gasteiger partial charge is 0.201 e. The summed E-state index contributed by atoms with van der Waals surface area (Å²) in [6, 6.07) is 5.89. The maximum absolute atomic E-state index is 5.78. The summed E-state index contributed by atoms with van der Waals surface area (Å²) in [4.78, 5) is 4.27. The molecule has 74 valence electrons. The zero-order chi connectivity index (χ0) is 10.1. The molecule has 0 saturated heterocycles. The molecular weight excluding hydrogens is 244 g/mol. The van der Waals surface area contributed by atoms with Gasteiger partial charge in [-0.15, -0.1) is 0 Å². The molecule has 0 bridgehead atoms. The van der Waals surface area contributed by atoms with Gasteiger partial charge in [-0.25, -0.2) is 4.98 Å². The molecule has 0 aliphatic heterocycles. The molecule has 1 aromatic heterocycles. The van der Waals surface area contributed by atoms with E-state index in [4.69, 9.17) is 11.5 Å². The second-order valence-corrected chi connectivity index (χ2v) is 3.87. The minimum Gasteiger partial charge on any atom is -0.369 e. The molecule has 0 aliphatic rings. The van der Waals surface area contributed by atoms with Crippen LogP contribution in [-0.4, -0.2) is 16.1 Å². The minimum atomic E-state index is 0.511. The number of anilines is 1. The number of nitrogen functional groups attached to an aromatic ring is 1. The number of aromatic nitrogens is 2. The number of benzene rings is 1. The van der Waals surface area contributed by atoms with Crippen molar-refractivity contribution >= 4 is 32.9 Å². The average Bonchev–Trinajstić information content (AvgIpc) is 2.47. The zero-order valence-corrected chi connectivity index (χ0v) is 9.16. The third kappa shape index (κ3) is 1.38. The van der Waals surface area contributed by atoms with E-state index in [1.54, 1.807) is 0 Å². The maximum atomic E-state index is 5.78. The van der Waals surface area contributed by atoms with E-state index in [1.165, 1.54) is 0 Å². The van der Waals surface area contributed by atoms with Gasteiger partial charge in [0.25, 0.3) is 0 Å². The Hall–Kier alpha value is -1.07. The largest absolute Gasteiger partial charge is 0.369 e. The Balaban J connectivity index is 2.70. The molecule has 1 heterocycles. The van der Waals surface area contributed by atoms with E-state index < -0.39 is 0 Å². The molecule has 2 rings (SSSR count). The number of para-hydroxylation sites is 1. The first-order valence-electron chi connectivity index (χ1n) is 4.34. The summed E-state index contributed by atoms with van der Waals surface area (Å²) in [5.74, 6) is 0.511. The van der Waals surface area contributed by atoms with Crippen LogP contribution in [0.5, 0.6) is 0 Å². The molecular formula is C9H11BrN4. The molecule has 4 N–H and O–H groups in total. The van der Waals surface area contributed by atoms with Crippen LogP contribution >= 0.6 is 15.9 Å². The predicted octanol–water partition coefficient (Wildman–Crippen LogP) is 1.34. The van der Waals surface area contributed by atoms with Crippen LogP contribution in [-0.2, 0) is 6.54 Å². The molecule has 0 spiro atoms. The summed E-state index contributed by atoms with van der Waals surface area (Å²) in [6.45, 7) is 1.25. The lowest BCUT2D eigenvalue weighted by atomic mass is 10.3. The third-order valence-electron chi connectivity index (χ3n) is 2.11. The van der Waals surface area contributed by atoms with Gasteiger partial charge < -0.3 is 16.0 Å². The Morgan fingerprint density at radius 3 is 2.93 bits per heavy atom. The number of nitrogens with two attached hydrogens (primary N) is 2. The van der Waals surface area contributed by atoms with Crippen molar-refractivity contribution in [2.45, 2.75) is 6.54 Å². The first kappa shape index (κ1) is 9.48. The molecule has 0 atom stereocenters. The van der Waals surface area contributed by atoms with Gasteiger partial charge in [-0.3, -0.25) is 0 Å². The van der Waals surface area contributed by atoms with Crippen molar-refractivity contribution < 1.29 is 0 Å². The van der Waals surface area contributed by atoms with Crippen molar-refractivity contribution in [1.29, 1.82) is 0 Å². The van der Waals surface area contributed by atoms with Gasteiger partial charge in [-0.1, -0.05) is 6.07 Å². The average molecular weight is 255 g/mol. The normalized spacial score (nSPS) is 11.0. The van der Waals surface area contributed by atoms with Crippen LogP contribution < -0.4 is 11.5 Å². The molecule has 0 fully saturated rings. The second-order valence-electron chi connectivity index (χ2n) is 3.02. The highest BCUT2D eigenvalue weighted by atomic mass is 79.9. The standard InChI is InChI=1S/C9H11BrN4/c10-6-2-1-3-7-8(6)13-9(12)14(7)5-4-11/h1-3H,4-5,11H2,(H2,12,13). The number of imidazole rings is 1. The van der Waals surface area contributed by atoms with Crippen LogP contribution in [0.15, 0.2) is 22.7 Å². The third-order valence-corrected chi connectivity index (χ3v) is 2.75. The topological polar surface area (TPSA) is 69.9 Å². The Labute approximate surface area is 90.0 Å². The highest BCUT2D eigenvalue weighted by Crippen LogP contribution is 2.24. The van der Waals surface area contributed by atoms with Crippen LogP contribution in [0.25, 0.3) is 11.0 Å². The summed E-state index contributed by atoms with van der Waals surface area (Å²) in [5, 5.41) is 0. The highest BCUT2D eigenvalue weighted by Gasteiger charge is 2.08. The van der Waals surface area contributed by atoms with E-state index in [9.17, 15) is 0 Å². The molecule has 0 unspecified atom stereocenters. The van der Waals surface area contributed by atoms with Crippen LogP contribution in [0, 0.1) is 0 Å². The van der Waals surface area contributed by atoms with Crippen molar-refractivity contribution in [3.05, 3.63) is 22.7 Å². The van der Waals surface area contributed by atoms with Gasteiger partial charge in [0, 0.05) is 17.6 Å². The first-order chi connectivity index (χ1) is 6.74. The molecule has 0 aliphatic carbocycles. The summed E-state index contributed by atoms with van der Waals surface area (Å²) in [5.41, 5.74) is 13.2. The molecule has 0 radical (unpaired) electrons. The summed E-state index contributed by atoms with van der Waals surface area (Å²) in [6.07, 6.45) is 0. The van der Waals surface area contributed by atoms with E-state index in [1.807, 2.05) is 22.8 Å². The van der Waals surface area contributed by atoms with Gasteiger partial charge in [-0.2, -0.15) is 0 Å². The van der Waals surface area contributed by atoms with Gasteiger partial charge in [0.2, 0.25) is 5.95 Å². The monoisotopic (exact) mass is 254 g/mol. The zero-order valence-electron chi connectivity index (χ0n) is 7.57. The Morgan fingerprint density at radius 2 is 2.21 bits per heavy atom. The fourth-order valence-electron chi connectivity index (χ4n) is 1.49. The van der Waals surface area contributed by atoms with Crippen molar-refractivity contribution in [3.8, 4) is 0 Å². The number of fused-ring (bicyclic) bond motifs is 1. The van der Waals surface area contributed by atoms with Crippen molar-refractivity contribution in [3.63, 3.8) is 0 Å². The van der Waals surface area contributed by atoms with Gasteiger partial charge in [0.1, 0.15) is 5.52 Å². The van der Waals surface area contributed by atoms with E-state index in [2.05, 4.69) is 20.9 Å². The highest BCUT2D eigenvalue weighted by molar-refractivity contribution is 9.10. The molecule has 14 heavy (non-hydrogen) atoms. The van der Waals surface area contributed by atoms with Crippen LogP contribution in [0.2, 0.25) is 0 Å². The van der Waals surface area contributed by atoms with E-state index >= 15 is 0 Å². The van der Waals surface area contributed by atoms with Crippen LogP contribution in [0.3, 0.4) is 0 Å². The van der Waals surface area contributed by atoms with E-state index in [0.717, 1.165) is 15.5 Å². The Morgan fingerprint density at radius 1 is 1.43 bits per heavy atom. The fraction of sp³-hybridized carbons (Fsp3) is 0.222. The maximum Gasteiger partial charge on any atom is 0.201 e. The fourth-order valence-corrected chi connectivity index (χ4v) is 1.94. The minimum absolute atomic E-state index is 0.511. The van der Waals surface area contributed by atoms with E-state index in [-0.39, 0.29) is 0 Å². The number of halogens is 1. The van der Waals surface area contributed by atoms with E-state index in [0.29, 0.717) is 19.0 Å². The van der Waals surface area contributed by atoms with Crippen molar-refractivity contribution in [2.24, 2.45) is 5.73 Å². The molecule has 2 aromatic rings. The van der Waals surface area contributed by atoms with Crippen LogP contribution in [0.1, 0.15) is 0 Å². The number of hydrogen-bond acceptors (Lipinski definition) is 3. The van der Waals surface area contributed by atoms with Gasteiger partial charge >= 0.3 is 0 Å². The van der Waals surface area contributed by atoms with Gasteiger partial charge in [-0.05, 0) is 28.1 Å². The van der Waals surface area contributed by atoms with Crippen molar-refractivity contribution in [2.75, 3.05) is 12.3 Å². The summed E-state index contributed by atoms with van der Waals surface area (Å²) in [7, 11) is 0. The molecule has 4 nitrogen and oxygen atoms in total. The summed E-state index contributed by atoms with van der Waals surface area (Å²) >= 11 is 3.43. The lowest BCUT2D eigenvalue weighted by molar-refractivity contribution is 0.738. The van der Waals surface area contributed by atoms with Crippen molar-refractivity contribution in [1.82, 2.24) is 9.55 Å². The SMILES string of the molecule is NCCn1c(N)nc2c(Br)cccc21.